The lowest BCUT2D eigenvalue weighted by atomic mass is 10.2. The zero-order valence-corrected chi connectivity index (χ0v) is 17.0. The van der Waals surface area contributed by atoms with Crippen LogP contribution in [0, 0.1) is 6.92 Å². The summed E-state index contributed by atoms with van der Waals surface area (Å²) < 4.78 is 32.7. The van der Waals surface area contributed by atoms with Crippen molar-refractivity contribution in [3.05, 3.63) is 84.4 Å². The molecule has 7 heteroatoms. The number of aryl methyl sites for hydroxylation is 1. The van der Waals surface area contributed by atoms with Gasteiger partial charge in [0, 0.05) is 5.69 Å². The van der Waals surface area contributed by atoms with Crippen LogP contribution in [-0.4, -0.2) is 28.0 Å². The predicted molar refractivity (Wildman–Crippen MR) is 114 cm³/mol. The lowest BCUT2D eigenvalue weighted by Gasteiger charge is -2.24. The molecule has 0 aliphatic carbocycles. The Balaban J connectivity index is 1.90. The van der Waals surface area contributed by atoms with E-state index >= 15 is 0 Å². The van der Waals surface area contributed by atoms with Crippen molar-refractivity contribution in [2.24, 2.45) is 0 Å². The highest BCUT2D eigenvalue weighted by atomic mass is 32.2. The first-order valence-corrected chi connectivity index (χ1v) is 10.4. The van der Waals surface area contributed by atoms with Crippen molar-refractivity contribution in [1.29, 1.82) is 0 Å². The van der Waals surface area contributed by atoms with E-state index in [4.69, 9.17) is 4.74 Å². The summed E-state index contributed by atoms with van der Waals surface area (Å²) in [5.74, 6) is 0.113. The molecule has 0 aliphatic rings. The van der Waals surface area contributed by atoms with Crippen LogP contribution in [0.3, 0.4) is 0 Å². The first-order valence-electron chi connectivity index (χ1n) is 8.98. The van der Waals surface area contributed by atoms with Crippen molar-refractivity contribution in [1.82, 2.24) is 0 Å². The zero-order valence-electron chi connectivity index (χ0n) is 16.2. The third-order valence-corrected chi connectivity index (χ3v) is 6.10. The second-order valence-corrected chi connectivity index (χ2v) is 8.30. The van der Waals surface area contributed by atoms with E-state index in [9.17, 15) is 13.2 Å². The summed E-state index contributed by atoms with van der Waals surface area (Å²) in [4.78, 5) is 12.7. The Bertz CT molecular complexity index is 1060. The lowest BCUT2D eigenvalue weighted by molar-refractivity contribution is -0.114. The van der Waals surface area contributed by atoms with Gasteiger partial charge in [0.15, 0.2) is 0 Å². The number of carbonyl (C=O) groups excluding carboxylic acids is 1. The number of nitrogens with zero attached hydrogens (tertiary/aromatic N) is 1. The second kappa shape index (κ2) is 8.79. The molecule has 0 aromatic heterocycles. The number of benzene rings is 3. The van der Waals surface area contributed by atoms with E-state index in [1.54, 1.807) is 54.6 Å². The van der Waals surface area contributed by atoms with Gasteiger partial charge in [-0.1, -0.05) is 35.9 Å². The molecule has 0 radical (unpaired) electrons. The van der Waals surface area contributed by atoms with Gasteiger partial charge in [-0.05, 0) is 55.5 Å². The number of nitrogens with one attached hydrogen (secondary N) is 1. The summed E-state index contributed by atoms with van der Waals surface area (Å²) in [6.07, 6.45) is 0. The van der Waals surface area contributed by atoms with Gasteiger partial charge < -0.3 is 10.1 Å². The van der Waals surface area contributed by atoms with Gasteiger partial charge in [0.1, 0.15) is 12.3 Å². The maximum absolute atomic E-state index is 13.3. The van der Waals surface area contributed by atoms with Crippen molar-refractivity contribution in [3.63, 3.8) is 0 Å². The Hall–Kier alpha value is -3.32. The predicted octanol–water partition coefficient (Wildman–Crippen LogP) is 3.84. The number of hydrogen-bond donors (Lipinski definition) is 1. The highest BCUT2D eigenvalue weighted by molar-refractivity contribution is 7.92. The molecule has 0 unspecified atom stereocenters. The maximum Gasteiger partial charge on any atom is 0.264 e. The molecule has 0 atom stereocenters. The minimum Gasteiger partial charge on any atom is -0.497 e. The van der Waals surface area contributed by atoms with Crippen LogP contribution < -0.4 is 14.4 Å². The van der Waals surface area contributed by atoms with Crippen LogP contribution in [0.4, 0.5) is 11.4 Å². The van der Waals surface area contributed by atoms with Gasteiger partial charge in [0.05, 0.1) is 17.7 Å². The summed E-state index contributed by atoms with van der Waals surface area (Å²) >= 11 is 0. The second-order valence-electron chi connectivity index (χ2n) is 6.44. The van der Waals surface area contributed by atoms with Crippen LogP contribution in [0.15, 0.2) is 83.8 Å². The lowest BCUT2D eigenvalue weighted by Crippen LogP contribution is -2.38. The van der Waals surface area contributed by atoms with Crippen molar-refractivity contribution < 1.29 is 17.9 Å². The van der Waals surface area contributed by atoms with Crippen molar-refractivity contribution in [2.45, 2.75) is 11.8 Å². The van der Waals surface area contributed by atoms with Gasteiger partial charge in [0.25, 0.3) is 10.0 Å². The third kappa shape index (κ3) is 4.94. The molecule has 3 rings (SSSR count). The van der Waals surface area contributed by atoms with Gasteiger partial charge in [-0.3, -0.25) is 9.10 Å². The monoisotopic (exact) mass is 410 g/mol. The average molecular weight is 410 g/mol. The minimum atomic E-state index is -3.96. The van der Waals surface area contributed by atoms with Gasteiger partial charge in [-0.25, -0.2) is 8.42 Å². The molecule has 0 saturated heterocycles. The highest BCUT2D eigenvalue weighted by Gasteiger charge is 2.27. The summed E-state index contributed by atoms with van der Waals surface area (Å²) in [6, 6.07) is 21.9. The Morgan fingerprint density at radius 3 is 2.14 bits per heavy atom. The normalized spacial score (nSPS) is 11.0. The molecular weight excluding hydrogens is 388 g/mol. The molecule has 1 N–H and O–H groups in total. The molecule has 0 aliphatic heterocycles. The molecule has 150 valence electrons. The number of para-hydroxylation sites is 1. The number of ether oxygens (including phenoxy) is 1. The average Bonchev–Trinajstić information content (AvgIpc) is 2.74. The van der Waals surface area contributed by atoms with Gasteiger partial charge >= 0.3 is 0 Å². The van der Waals surface area contributed by atoms with Crippen molar-refractivity contribution in [2.75, 3.05) is 23.3 Å². The Morgan fingerprint density at radius 1 is 0.931 bits per heavy atom. The van der Waals surface area contributed by atoms with E-state index in [0.717, 1.165) is 9.87 Å². The quantitative estimate of drug-likeness (QED) is 0.642. The molecule has 0 heterocycles. The summed E-state index contributed by atoms with van der Waals surface area (Å²) in [5.41, 5.74) is 2.08. The number of carbonyl (C=O) groups is 1. The van der Waals surface area contributed by atoms with E-state index in [-0.39, 0.29) is 11.4 Å². The summed E-state index contributed by atoms with van der Waals surface area (Å²) in [5, 5.41) is 2.75. The molecule has 1 amide bonds. The van der Waals surface area contributed by atoms with E-state index in [2.05, 4.69) is 5.32 Å². The maximum atomic E-state index is 13.3. The van der Waals surface area contributed by atoms with E-state index in [1.165, 1.54) is 19.2 Å². The number of anilines is 2. The third-order valence-electron chi connectivity index (χ3n) is 4.31. The number of methoxy groups -OCH3 is 1. The van der Waals surface area contributed by atoms with Crippen molar-refractivity contribution in [3.8, 4) is 5.75 Å². The van der Waals surface area contributed by atoms with Crippen LogP contribution in [0.2, 0.25) is 0 Å². The van der Waals surface area contributed by atoms with Crippen molar-refractivity contribution >= 4 is 27.3 Å². The molecule has 0 bridgehead atoms. The Labute approximate surface area is 170 Å². The van der Waals surface area contributed by atoms with E-state index in [0.29, 0.717) is 17.1 Å². The molecule has 3 aromatic carbocycles. The zero-order chi connectivity index (χ0) is 20.9. The van der Waals surface area contributed by atoms with Crippen LogP contribution in [0.1, 0.15) is 5.56 Å². The minimum absolute atomic E-state index is 0.0743. The molecule has 29 heavy (non-hydrogen) atoms. The molecule has 0 fully saturated rings. The fraction of sp³-hybridized carbons (Fsp3) is 0.136. The van der Waals surface area contributed by atoms with Crippen LogP contribution >= 0.6 is 0 Å². The van der Waals surface area contributed by atoms with Gasteiger partial charge in [-0.15, -0.1) is 0 Å². The molecule has 6 nitrogen and oxygen atoms in total. The standard InChI is InChI=1S/C22H22N2O4S/c1-17-8-10-18(11-9-17)23-22(25)16-24(19-6-4-3-5-7-19)29(26,27)21-14-12-20(28-2)13-15-21/h3-15H,16H2,1-2H3,(H,23,25). The number of amides is 1. The number of rotatable bonds is 7. The number of hydrogen-bond acceptors (Lipinski definition) is 4. The fourth-order valence-corrected chi connectivity index (χ4v) is 4.17. The first-order chi connectivity index (χ1) is 13.9. The van der Waals surface area contributed by atoms with E-state index < -0.39 is 15.9 Å². The largest absolute Gasteiger partial charge is 0.497 e. The SMILES string of the molecule is COc1ccc(S(=O)(=O)N(CC(=O)Nc2ccc(C)cc2)c2ccccc2)cc1. The smallest absolute Gasteiger partial charge is 0.264 e. The van der Waals surface area contributed by atoms with Crippen LogP contribution in [-0.2, 0) is 14.8 Å². The molecular formula is C22H22N2O4S. The van der Waals surface area contributed by atoms with E-state index in [1.807, 2.05) is 19.1 Å². The highest BCUT2D eigenvalue weighted by Crippen LogP contribution is 2.25. The molecule has 0 spiro atoms. The topological polar surface area (TPSA) is 75.7 Å². The number of sulfonamides is 1. The van der Waals surface area contributed by atoms with Gasteiger partial charge in [-0.2, -0.15) is 0 Å². The van der Waals surface area contributed by atoms with Crippen LogP contribution in [0.5, 0.6) is 5.75 Å². The Kier molecular flexibility index (Phi) is 6.19. The summed E-state index contributed by atoms with van der Waals surface area (Å²) in [6.45, 7) is 1.59. The fourth-order valence-electron chi connectivity index (χ4n) is 2.75. The van der Waals surface area contributed by atoms with Crippen LogP contribution in [0.25, 0.3) is 0 Å². The molecule has 0 saturated carbocycles. The summed E-state index contributed by atoms with van der Waals surface area (Å²) in [7, 11) is -2.45. The van der Waals surface area contributed by atoms with Gasteiger partial charge in [0.2, 0.25) is 5.91 Å². The molecule has 3 aromatic rings. The first kappa shape index (κ1) is 20.4. The Morgan fingerprint density at radius 2 is 1.55 bits per heavy atom.